The number of hydrogen-bond acceptors (Lipinski definition) is 3. The van der Waals surface area contributed by atoms with E-state index >= 15 is 0 Å². The monoisotopic (exact) mass is 303 g/mol. The molecule has 86 valence electrons. The molecular formula is C9H11BrClN5. The molecule has 2 rings (SSSR count). The Morgan fingerprint density at radius 2 is 2.25 bits per heavy atom. The minimum Gasteiger partial charge on any atom is -0.269 e. The van der Waals surface area contributed by atoms with Gasteiger partial charge in [-0.15, -0.1) is 16.7 Å². The molecule has 2 heterocycles. The third-order valence-electron chi connectivity index (χ3n) is 2.30. The summed E-state index contributed by atoms with van der Waals surface area (Å²) in [5.41, 5.74) is 2.80. The maximum atomic E-state index is 5.67. The minimum atomic E-state index is 0.381. The van der Waals surface area contributed by atoms with Gasteiger partial charge in [0.05, 0.1) is 40.2 Å². The molecule has 5 nitrogen and oxygen atoms in total. The molecule has 0 aliphatic heterocycles. The number of alkyl halides is 1. The molecule has 0 aliphatic rings. The van der Waals surface area contributed by atoms with Gasteiger partial charge >= 0.3 is 0 Å². The van der Waals surface area contributed by atoms with Gasteiger partial charge in [-0.05, 0) is 22.9 Å². The average Bonchev–Trinajstić information content (AvgIpc) is 2.80. The lowest BCUT2D eigenvalue weighted by molar-refractivity contribution is 0.598. The first kappa shape index (κ1) is 11.6. The zero-order valence-electron chi connectivity index (χ0n) is 8.98. The molecular weight excluding hydrogens is 293 g/mol. The quantitative estimate of drug-likeness (QED) is 0.813. The Hall–Kier alpha value is -0.880. The van der Waals surface area contributed by atoms with Gasteiger partial charge in [0, 0.05) is 7.05 Å². The highest BCUT2D eigenvalue weighted by atomic mass is 79.9. The summed E-state index contributed by atoms with van der Waals surface area (Å²) in [5, 5.41) is 12.2. The molecule has 0 aromatic carbocycles. The highest BCUT2D eigenvalue weighted by molar-refractivity contribution is 9.10. The van der Waals surface area contributed by atoms with Crippen LogP contribution in [-0.2, 0) is 19.5 Å². The van der Waals surface area contributed by atoms with Crippen LogP contribution in [0.4, 0.5) is 0 Å². The molecule has 0 aliphatic carbocycles. The van der Waals surface area contributed by atoms with Gasteiger partial charge in [0.25, 0.3) is 0 Å². The van der Waals surface area contributed by atoms with Crippen molar-refractivity contribution in [3.63, 3.8) is 0 Å². The second-order valence-electron chi connectivity index (χ2n) is 3.51. The van der Waals surface area contributed by atoms with E-state index in [1.54, 1.807) is 4.68 Å². The summed E-state index contributed by atoms with van der Waals surface area (Å²) in [6, 6.07) is 0. The van der Waals surface area contributed by atoms with E-state index in [1.807, 2.05) is 24.9 Å². The Labute approximate surface area is 107 Å². The third-order valence-corrected chi connectivity index (χ3v) is 3.60. The number of hydrogen-bond donors (Lipinski definition) is 0. The van der Waals surface area contributed by atoms with Gasteiger partial charge in [0.1, 0.15) is 0 Å². The SMILES string of the molecule is Cc1nn(C)c(Cn2cc(CCl)nn2)c1Br. The molecule has 0 radical (unpaired) electrons. The Balaban J connectivity index is 2.26. The Morgan fingerprint density at radius 1 is 1.50 bits per heavy atom. The highest BCUT2D eigenvalue weighted by Crippen LogP contribution is 2.20. The second-order valence-corrected chi connectivity index (χ2v) is 4.57. The highest BCUT2D eigenvalue weighted by Gasteiger charge is 2.11. The summed E-state index contributed by atoms with van der Waals surface area (Å²) in [4.78, 5) is 0. The minimum absolute atomic E-state index is 0.381. The Kier molecular flexibility index (Phi) is 3.30. The maximum absolute atomic E-state index is 5.67. The Bertz CT molecular complexity index is 504. The van der Waals surface area contributed by atoms with Crippen LogP contribution >= 0.6 is 27.5 Å². The smallest absolute Gasteiger partial charge is 0.0974 e. The number of aryl methyl sites for hydroxylation is 2. The summed E-state index contributed by atoms with van der Waals surface area (Å²) in [6.07, 6.45) is 1.84. The predicted octanol–water partition coefficient (Wildman–Crippen LogP) is 1.87. The molecule has 2 aromatic rings. The lowest BCUT2D eigenvalue weighted by Crippen LogP contribution is -2.06. The van der Waals surface area contributed by atoms with Crippen LogP contribution in [0.2, 0.25) is 0 Å². The van der Waals surface area contributed by atoms with Crippen LogP contribution in [-0.4, -0.2) is 24.8 Å². The molecule has 0 bridgehead atoms. The summed E-state index contributed by atoms with van der Waals surface area (Å²) in [5.74, 6) is 0.381. The van der Waals surface area contributed by atoms with Crippen molar-refractivity contribution in [2.75, 3.05) is 0 Å². The third kappa shape index (κ3) is 2.12. The van der Waals surface area contributed by atoms with Gasteiger partial charge in [-0.25, -0.2) is 4.68 Å². The summed E-state index contributed by atoms with van der Waals surface area (Å²) in [7, 11) is 1.91. The predicted molar refractivity (Wildman–Crippen MR) is 64.3 cm³/mol. The van der Waals surface area contributed by atoms with Crippen LogP contribution < -0.4 is 0 Å². The van der Waals surface area contributed by atoms with Crippen LogP contribution in [0.25, 0.3) is 0 Å². The maximum Gasteiger partial charge on any atom is 0.0974 e. The van der Waals surface area contributed by atoms with Crippen LogP contribution in [0, 0.1) is 6.92 Å². The topological polar surface area (TPSA) is 48.5 Å². The number of rotatable bonds is 3. The van der Waals surface area contributed by atoms with Crippen LogP contribution in [0.15, 0.2) is 10.7 Å². The molecule has 0 saturated carbocycles. The van der Waals surface area contributed by atoms with Crippen molar-refractivity contribution < 1.29 is 0 Å². The van der Waals surface area contributed by atoms with Gasteiger partial charge in [-0.2, -0.15) is 5.10 Å². The zero-order valence-corrected chi connectivity index (χ0v) is 11.3. The summed E-state index contributed by atoms with van der Waals surface area (Å²) < 4.78 is 4.60. The molecule has 0 saturated heterocycles. The van der Waals surface area contributed by atoms with Gasteiger partial charge in [0.2, 0.25) is 0 Å². The van der Waals surface area contributed by atoms with Crippen LogP contribution in [0.3, 0.4) is 0 Å². The molecule has 2 aromatic heterocycles. The second kappa shape index (κ2) is 4.55. The first-order valence-corrected chi connectivity index (χ1v) is 6.07. The van der Waals surface area contributed by atoms with Crippen LogP contribution in [0.5, 0.6) is 0 Å². The largest absolute Gasteiger partial charge is 0.269 e. The van der Waals surface area contributed by atoms with Crippen molar-refractivity contribution in [2.24, 2.45) is 7.05 Å². The van der Waals surface area contributed by atoms with Gasteiger partial charge < -0.3 is 0 Å². The van der Waals surface area contributed by atoms with Crippen molar-refractivity contribution in [3.8, 4) is 0 Å². The van der Waals surface area contributed by atoms with E-state index in [0.29, 0.717) is 12.4 Å². The van der Waals surface area contributed by atoms with E-state index in [2.05, 4.69) is 31.3 Å². The first-order chi connectivity index (χ1) is 7.61. The van der Waals surface area contributed by atoms with Gasteiger partial charge in [0.15, 0.2) is 0 Å². The molecule has 16 heavy (non-hydrogen) atoms. The van der Waals surface area contributed by atoms with E-state index in [4.69, 9.17) is 11.6 Å². The standard InChI is InChI=1S/C9H11BrClN5/c1-6-9(10)8(15(2)13-6)5-16-4-7(3-11)12-14-16/h4H,3,5H2,1-2H3. The van der Waals surface area contributed by atoms with E-state index in [9.17, 15) is 0 Å². The van der Waals surface area contributed by atoms with E-state index in [1.165, 1.54) is 0 Å². The summed E-state index contributed by atoms with van der Waals surface area (Å²) in [6.45, 7) is 2.58. The molecule has 0 fully saturated rings. The lowest BCUT2D eigenvalue weighted by atomic mass is 10.3. The van der Waals surface area contributed by atoms with Gasteiger partial charge in [-0.1, -0.05) is 5.21 Å². The van der Waals surface area contributed by atoms with Gasteiger partial charge in [-0.3, -0.25) is 4.68 Å². The number of aromatic nitrogens is 5. The van der Waals surface area contributed by atoms with E-state index in [0.717, 1.165) is 21.6 Å². The lowest BCUT2D eigenvalue weighted by Gasteiger charge is -2.01. The normalized spacial score (nSPS) is 11.0. The first-order valence-electron chi connectivity index (χ1n) is 4.74. The van der Waals surface area contributed by atoms with Crippen molar-refractivity contribution in [1.29, 1.82) is 0 Å². The molecule has 0 atom stereocenters. The fourth-order valence-electron chi connectivity index (χ4n) is 1.48. The molecule has 0 unspecified atom stereocenters. The van der Waals surface area contributed by atoms with Crippen molar-refractivity contribution in [2.45, 2.75) is 19.3 Å². The van der Waals surface area contributed by atoms with Crippen molar-refractivity contribution in [1.82, 2.24) is 24.8 Å². The fraction of sp³-hybridized carbons (Fsp3) is 0.444. The molecule has 0 amide bonds. The summed E-state index contributed by atoms with van der Waals surface area (Å²) >= 11 is 9.18. The average molecular weight is 305 g/mol. The molecule has 0 spiro atoms. The van der Waals surface area contributed by atoms with Crippen LogP contribution in [0.1, 0.15) is 17.1 Å². The fourth-order valence-corrected chi connectivity index (χ4v) is 2.07. The molecule has 0 N–H and O–H groups in total. The van der Waals surface area contributed by atoms with E-state index < -0.39 is 0 Å². The van der Waals surface area contributed by atoms with Crippen molar-refractivity contribution >= 4 is 27.5 Å². The van der Waals surface area contributed by atoms with Crippen molar-refractivity contribution in [3.05, 3.63) is 27.8 Å². The zero-order chi connectivity index (χ0) is 11.7. The molecule has 7 heteroatoms. The number of nitrogens with zero attached hydrogens (tertiary/aromatic N) is 5. The van der Waals surface area contributed by atoms with E-state index in [-0.39, 0.29) is 0 Å². The number of halogens is 2. The Morgan fingerprint density at radius 3 is 2.75 bits per heavy atom.